The maximum Gasteiger partial charge on any atom is 0.319 e. The van der Waals surface area contributed by atoms with Crippen molar-refractivity contribution in [3.63, 3.8) is 0 Å². The Hall–Kier alpha value is -1.43. The number of halogens is 1. The molecule has 0 aliphatic carbocycles. The molecule has 0 amide bonds. The summed E-state index contributed by atoms with van der Waals surface area (Å²) in [5, 5.41) is 10.4. The molecule has 1 saturated heterocycles. The van der Waals surface area contributed by atoms with E-state index in [4.69, 9.17) is 21.1 Å². The van der Waals surface area contributed by atoms with Crippen LogP contribution in [0.25, 0.3) is 0 Å². The van der Waals surface area contributed by atoms with Gasteiger partial charge in [-0.15, -0.1) is 11.6 Å². The number of hydrogen-bond acceptors (Lipinski definition) is 5. The van der Waals surface area contributed by atoms with Crippen molar-refractivity contribution in [3.8, 4) is 0 Å². The predicted octanol–water partition coefficient (Wildman–Crippen LogP) is 2.22. The van der Waals surface area contributed by atoms with Gasteiger partial charge in [-0.3, -0.25) is 9.59 Å². The third kappa shape index (κ3) is 4.53. The monoisotopic (exact) mass is 340 g/mol. The summed E-state index contributed by atoms with van der Waals surface area (Å²) in [5.74, 6) is -1.92. The fraction of sp³-hybridized carbons (Fsp3) is 0.529. The highest BCUT2D eigenvalue weighted by Crippen LogP contribution is 2.28. The van der Waals surface area contributed by atoms with E-state index in [0.29, 0.717) is 19.4 Å². The van der Waals surface area contributed by atoms with Gasteiger partial charge in [0.1, 0.15) is 5.60 Å². The molecule has 0 radical (unpaired) electrons. The van der Waals surface area contributed by atoms with Gasteiger partial charge < -0.3 is 14.6 Å². The number of esters is 2. The van der Waals surface area contributed by atoms with Gasteiger partial charge in [0.2, 0.25) is 0 Å². The highest BCUT2D eigenvalue weighted by Gasteiger charge is 2.41. The van der Waals surface area contributed by atoms with Crippen LogP contribution in [-0.2, 0) is 31.4 Å². The molecule has 2 unspecified atom stereocenters. The topological polar surface area (TPSA) is 72.8 Å². The number of rotatable bonds is 5. The van der Waals surface area contributed by atoms with E-state index in [1.165, 1.54) is 0 Å². The van der Waals surface area contributed by atoms with Crippen LogP contribution >= 0.6 is 11.6 Å². The zero-order chi connectivity index (χ0) is 16.9. The Morgan fingerprint density at radius 2 is 2.09 bits per heavy atom. The summed E-state index contributed by atoms with van der Waals surface area (Å²) in [6.07, 6.45) is 1.09. The number of ether oxygens (including phenoxy) is 2. The summed E-state index contributed by atoms with van der Waals surface area (Å²) >= 11 is 5.83. The first-order valence-corrected chi connectivity index (χ1v) is 8.17. The van der Waals surface area contributed by atoms with Gasteiger partial charge >= 0.3 is 11.9 Å². The van der Waals surface area contributed by atoms with Gasteiger partial charge in [0.05, 0.1) is 18.9 Å². The molecule has 1 aliphatic rings. The van der Waals surface area contributed by atoms with E-state index in [0.717, 1.165) is 11.1 Å². The summed E-state index contributed by atoms with van der Waals surface area (Å²) in [7, 11) is 0. The largest absolute Gasteiger partial charge is 0.393 e. The van der Waals surface area contributed by atoms with Gasteiger partial charge in [0, 0.05) is 12.5 Å². The fourth-order valence-electron chi connectivity index (χ4n) is 2.61. The van der Waals surface area contributed by atoms with Gasteiger partial charge in [0.25, 0.3) is 0 Å². The highest BCUT2D eigenvalue weighted by molar-refractivity contribution is 6.17. The number of alkyl halides is 1. The number of hydrogen-bond donors (Lipinski definition) is 1. The minimum Gasteiger partial charge on any atom is -0.393 e. The lowest BCUT2D eigenvalue weighted by atomic mass is 9.84. The molecule has 1 aromatic rings. The molecule has 0 aromatic heterocycles. The molecule has 23 heavy (non-hydrogen) atoms. The molecule has 0 spiro atoms. The molecule has 0 saturated carbocycles. The van der Waals surface area contributed by atoms with Crippen LogP contribution in [0.4, 0.5) is 0 Å². The summed E-state index contributed by atoms with van der Waals surface area (Å²) in [6, 6.07) is 7.22. The fourth-order valence-corrected chi connectivity index (χ4v) is 2.88. The predicted molar refractivity (Wildman–Crippen MR) is 85.0 cm³/mol. The average Bonchev–Trinajstić information content (AvgIpc) is 2.55. The van der Waals surface area contributed by atoms with E-state index in [2.05, 4.69) is 0 Å². The molecule has 5 nitrogen and oxygen atoms in total. The third-order valence-electron chi connectivity index (χ3n) is 4.22. The van der Waals surface area contributed by atoms with Crippen molar-refractivity contribution in [2.45, 2.75) is 37.7 Å². The average molecular weight is 341 g/mol. The van der Waals surface area contributed by atoms with Gasteiger partial charge in [-0.2, -0.15) is 0 Å². The van der Waals surface area contributed by atoms with Crippen molar-refractivity contribution < 1.29 is 24.2 Å². The van der Waals surface area contributed by atoms with Crippen molar-refractivity contribution in [2.75, 3.05) is 13.2 Å². The quantitative estimate of drug-likeness (QED) is 0.505. The van der Waals surface area contributed by atoms with E-state index in [9.17, 15) is 14.7 Å². The van der Waals surface area contributed by atoms with E-state index >= 15 is 0 Å². The lowest BCUT2D eigenvalue weighted by molar-refractivity contribution is -0.175. The van der Waals surface area contributed by atoms with Crippen LogP contribution in [-0.4, -0.2) is 35.9 Å². The smallest absolute Gasteiger partial charge is 0.319 e. The molecule has 6 heteroatoms. The van der Waals surface area contributed by atoms with Crippen LogP contribution in [0.1, 0.15) is 30.9 Å². The Labute approximate surface area is 140 Å². The zero-order valence-corrected chi connectivity index (χ0v) is 13.8. The van der Waals surface area contributed by atoms with Crippen LogP contribution in [0.15, 0.2) is 24.3 Å². The molecule has 1 aliphatic heterocycles. The first kappa shape index (κ1) is 17.9. The summed E-state index contributed by atoms with van der Waals surface area (Å²) in [5.41, 5.74) is 0.280. The first-order valence-electron chi connectivity index (χ1n) is 7.63. The number of carbonyl (C=O) groups is 2. The maximum atomic E-state index is 12.1. The van der Waals surface area contributed by atoms with Crippen LogP contribution in [0.5, 0.6) is 0 Å². The molecule has 0 bridgehead atoms. The molecule has 1 fully saturated rings. The van der Waals surface area contributed by atoms with Crippen LogP contribution in [0, 0.1) is 5.92 Å². The van der Waals surface area contributed by atoms with Gasteiger partial charge in [-0.05, 0) is 30.9 Å². The lowest BCUT2D eigenvalue weighted by Crippen LogP contribution is -2.48. The zero-order valence-electron chi connectivity index (χ0n) is 13.1. The summed E-state index contributed by atoms with van der Waals surface area (Å²) in [4.78, 5) is 24.1. The van der Waals surface area contributed by atoms with E-state index < -0.39 is 23.5 Å². The molecule has 1 aromatic carbocycles. The molecular weight excluding hydrogens is 320 g/mol. The molecule has 126 valence electrons. The first-order chi connectivity index (χ1) is 11.0. The Bertz CT molecular complexity index is 566. The van der Waals surface area contributed by atoms with Crippen LogP contribution in [0.2, 0.25) is 0 Å². The van der Waals surface area contributed by atoms with E-state index in [1.54, 1.807) is 19.1 Å². The number of carbonyl (C=O) groups excluding carboxylic acids is 2. The van der Waals surface area contributed by atoms with E-state index in [-0.39, 0.29) is 18.9 Å². The van der Waals surface area contributed by atoms with Crippen molar-refractivity contribution in [1.82, 2.24) is 0 Å². The number of benzene rings is 1. The Kier molecular flexibility index (Phi) is 6.16. The normalized spacial score (nSPS) is 22.4. The second kappa shape index (κ2) is 7.90. The summed E-state index contributed by atoms with van der Waals surface area (Å²) < 4.78 is 10.1. The second-order valence-corrected chi connectivity index (χ2v) is 6.12. The lowest BCUT2D eigenvalue weighted by Gasteiger charge is -2.35. The van der Waals surface area contributed by atoms with Crippen LogP contribution < -0.4 is 0 Å². The standard InChI is InChI=1S/C17H21ClO5/c1-12(17(21)7-4-8-22-11-17)16(20)23-15(19)9-13-5-2-3-6-14(13)10-18/h2-3,5-6,12,21H,4,7-11H2,1H3. The molecule has 1 heterocycles. The number of aliphatic hydroxyl groups is 1. The Balaban J connectivity index is 1.95. The summed E-state index contributed by atoms with van der Waals surface area (Å²) in [6.45, 7) is 2.20. The van der Waals surface area contributed by atoms with Crippen LogP contribution in [0.3, 0.4) is 0 Å². The maximum absolute atomic E-state index is 12.1. The Morgan fingerprint density at radius 3 is 2.70 bits per heavy atom. The van der Waals surface area contributed by atoms with Gasteiger partial charge in [-0.1, -0.05) is 24.3 Å². The molecule has 2 atom stereocenters. The molecule has 2 rings (SSSR count). The van der Waals surface area contributed by atoms with Gasteiger partial charge in [-0.25, -0.2) is 0 Å². The highest BCUT2D eigenvalue weighted by atomic mass is 35.5. The van der Waals surface area contributed by atoms with E-state index in [1.807, 2.05) is 12.1 Å². The Morgan fingerprint density at radius 1 is 1.39 bits per heavy atom. The van der Waals surface area contributed by atoms with Gasteiger partial charge in [0.15, 0.2) is 0 Å². The van der Waals surface area contributed by atoms with Crippen molar-refractivity contribution in [2.24, 2.45) is 5.92 Å². The van der Waals surface area contributed by atoms with Crippen molar-refractivity contribution in [3.05, 3.63) is 35.4 Å². The SMILES string of the molecule is CC(C(=O)OC(=O)Cc1ccccc1CCl)C1(O)CCCOC1. The third-order valence-corrected chi connectivity index (χ3v) is 4.51. The second-order valence-electron chi connectivity index (χ2n) is 5.85. The minimum atomic E-state index is -1.27. The van der Waals surface area contributed by atoms with Crippen molar-refractivity contribution >= 4 is 23.5 Å². The van der Waals surface area contributed by atoms with Crippen molar-refractivity contribution in [1.29, 1.82) is 0 Å². The minimum absolute atomic E-state index is 0.0315. The molecule has 1 N–H and O–H groups in total. The molecular formula is C17H21ClO5.